The Labute approximate surface area is 157 Å². The van der Waals surface area contributed by atoms with Gasteiger partial charge in [-0.15, -0.1) is 24.8 Å². The van der Waals surface area contributed by atoms with Gasteiger partial charge in [0.1, 0.15) is 11.4 Å². The molecule has 0 aliphatic heterocycles. The molecule has 0 unspecified atom stereocenters. The summed E-state index contributed by atoms with van der Waals surface area (Å²) in [5.41, 5.74) is 7.42. The van der Waals surface area contributed by atoms with E-state index in [-0.39, 0.29) is 36.8 Å². The molecule has 3 rings (SSSR count). The fourth-order valence-corrected chi connectivity index (χ4v) is 2.39. The third-order valence-corrected chi connectivity index (χ3v) is 3.56. The molecule has 0 bridgehead atoms. The van der Waals surface area contributed by atoms with E-state index in [9.17, 15) is 4.79 Å². The van der Waals surface area contributed by atoms with Crippen molar-refractivity contribution in [1.29, 1.82) is 0 Å². The van der Waals surface area contributed by atoms with Crippen molar-refractivity contribution in [3.05, 3.63) is 60.3 Å². The first-order valence-electron chi connectivity index (χ1n) is 7.39. The predicted molar refractivity (Wildman–Crippen MR) is 103 cm³/mol. The maximum Gasteiger partial charge on any atom is 0.244 e. The van der Waals surface area contributed by atoms with Crippen LogP contribution in [0.15, 0.2) is 53.4 Å². The largest absolute Gasteiger partial charge is 0.469 e. The van der Waals surface area contributed by atoms with E-state index in [2.05, 4.69) is 15.3 Å². The molecule has 25 heavy (non-hydrogen) atoms. The van der Waals surface area contributed by atoms with Crippen molar-refractivity contribution >= 4 is 47.8 Å². The number of furan rings is 1. The van der Waals surface area contributed by atoms with Crippen molar-refractivity contribution in [2.45, 2.75) is 12.5 Å². The monoisotopic (exact) mass is 382 g/mol. The highest BCUT2D eigenvalue weighted by atomic mass is 35.5. The number of amides is 1. The highest BCUT2D eigenvalue weighted by molar-refractivity contribution is 5.95. The van der Waals surface area contributed by atoms with Crippen molar-refractivity contribution in [2.75, 3.05) is 6.54 Å². The van der Waals surface area contributed by atoms with Gasteiger partial charge in [-0.05, 0) is 30.3 Å². The minimum Gasteiger partial charge on any atom is -0.469 e. The van der Waals surface area contributed by atoms with Gasteiger partial charge in [-0.25, -0.2) is 4.98 Å². The third-order valence-electron chi connectivity index (χ3n) is 3.56. The Morgan fingerprint density at radius 1 is 1.36 bits per heavy atom. The second kappa shape index (κ2) is 9.88. The number of H-pyrrole nitrogens is 1. The Morgan fingerprint density at radius 2 is 2.20 bits per heavy atom. The van der Waals surface area contributed by atoms with E-state index in [1.54, 1.807) is 18.5 Å². The number of rotatable bonds is 6. The minimum absolute atomic E-state index is 0. The summed E-state index contributed by atoms with van der Waals surface area (Å²) < 4.78 is 5.28. The molecule has 3 heterocycles. The lowest BCUT2D eigenvalue weighted by Gasteiger charge is -2.14. The van der Waals surface area contributed by atoms with Crippen LogP contribution in [-0.4, -0.2) is 28.5 Å². The van der Waals surface area contributed by atoms with E-state index in [1.165, 1.54) is 6.08 Å². The van der Waals surface area contributed by atoms with Gasteiger partial charge in [0.15, 0.2) is 0 Å². The smallest absolute Gasteiger partial charge is 0.244 e. The molecule has 0 radical (unpaired) electrons. The van der Waals surface area contributed by atoms with Crippen molar-refractivity contribution in [3.8, 4) is 0 Å². The average molecular weight is 383 g/mol. The number of fused-ring (bicyclic) bond motifs is 1. The summed E-state index contributed by atoms with van der Waals surface area (Å²) in [7, 11) is 0. The number of aromatic amines is 1. The quantitative estimate of drug-likeness (QED) is 0.570. The molecule has 134 valence electrons. The summed E-state index contributed by atoms with van der Waals surface area (Å²) in [5.74, 6) is 0.609. The lowest BCUT2D eigenvalue weighted by molar-refractivity contribution is -0.117. The Balaban J connectivity index is 0.00000156. The molecule has 6 nitrogen and oxygen atoms in total. The number of hydrogen-bond donors (Lipinski definition) is 3. The van der Waals surface area contributed by atoms with Crippen molar-refractivity contribution in [3.63, 3.8) is 0 Å². The number of aromatic nitrogens is 2. The number of carbonyl (C=O) groups excluding carboxylic acids is 1. The van der Waals surface area contributed by atoms with E-state index >= 15 is 0 Å². The van der Waals surface area contributed by atoms with Gasteiger partial charge < -0.3 is 20.5 Å². The van der Waals surface area contributed by atoms with Crippen molar-refractivity contribution < 1.29 is 9.21 Å². The lowest BCUT2D eigenvalue weighted by Crippen LogP contribution is -2.40. The van der Waals surface area contributed by atoms with E-state index in [0.29, 0.717) is 13.0 Å². The fourth-order valence-electron chi connectivity index (χ4n) is 2.39. The molecule has 0 fully saturated rings. The Hall–Kier alpha value is -2.28. The van der Waals surface area contributed by atoms with Gasteiger partial charge in [0.2, 0.25) is 5.91 Å². The van der Waals surface area contributed by atoms with Gasteiger partial charge in [-0.1, -0.05) is 0 Å². The van der Waals surface area contributed by atoms with Crippen LogP contribution in [0.25, 0.3) is 17.1 Å². The molecule has 0 aliphatic rings. The molecule has 8 heteroatoms. The summed E-state index contributed by atoms with van der Waals surface area (Å²) in [4.78, 5) is 19.3. The third kappa shape index (κ3) is 5.35. The van der Waals surface area contributed by atoms with Crippen LogP contribution in [0.4, 0.5) is 0 Å². The first-order chi connectivity index (χ1) is 11.3. The van der Waals surface area contributed by atoms with Crippen LogP contribution < -0.4 is 11.1 Å². The summed E-state index contributed by atoms with van der Waals surface area (Å²) >= 11 is 0. The zero-order valence-corrected chi connectivity index (χ0v) is 15.0. The summed E-state index contributed by atoms with van der Waals surface area (Å²) in [6.07, 6.45) is 8.98. The number of carbonyl (C=O) groups is 1. The van der Waals surface area contributed by atoms with Crippen molar-refractivity contribution in [2.24, 2.45) is 5.73 Å². The normalized spacial score (nSPS) is 11.7. The van der Waals surface area contributed by atoms with E-state index in [1.807, 2.05) is 30.5 Å². The Morgan fingerprint density at radius 3 is 2.92 bits per heavy atom. The number of nitrogens with zero attached hydrogens (tertiary/aromatic N) is 1. The molecule has 4 N–H and O–H groups in total. The predicted octanol–water partition coefficient (Wildman–Crippen LogP) is 2.70. The topological polar surface area (TPSA) is 96.9 Å². The van der Waals surface area contributed by atoms with Gasteiger partial charge in [-0.3, -0.25) is 4.79 Å². The van der Waals surface area contributed by atoms with Crippen LogP contribution in [-0.2, 0) is 11.2 Å². The maximum atomic E-state index is 12.1. The Kier molecular flexibility index (Phi) is 8.21. The highest BCUT2D eigenvalue weighted by Gasteiger charge is 2.11. The molecule has 1 atom stereocenters. The number of nitrogens with two attached hydrogens (primary N) is 1. The summed E-state index contributed by atoms with van der Waals surface area (Å²) in [6.45, 7) is 0.345. The van der Waals surface area contributed by atoms with Gasteiger partial charge in [0.25, 0.3) is 0 Å². The van der Waals surface area contributed by atoms with Crippen LogP contribution in [0.2, 0.25) is 0 Å². The minimum atomic E-state index is -0.190. The molecule has 3 aromatic heterocycles. The standard InChI is InChI=1S/C17H18N4O2.2ClH/c18-10-13(9-14-3-2-8-23-14)21-16(22)6-5-12-11-20-17-15(12)4-1-7-19-17;;/h1-8,11,13H,9-10,18H2,(H,19,20)(H,21,22);2*1H/b6-5+;;/t13-;;/m0../s1. The maximum absolute atomic E-state index is 12.1. The number of nitrogens with one attached hydrogen (secondary N) is 2. The average Bonchev–Trinajstić information content (AvgIpc) is 3.22. The number of hydrogen-bond acceptors (Lipinski definition) is 4. The van der Waals surface area contributed by atoms with Gasteiger partial charge in [0.05, 0.1) is 6.26 Å². The summed E-state index contributed by atoms with van der Waals surface area (Å²) in [6, 6.07) is 7.33. The van der Waals surface area contributed by atoms with Crippen LogP contribution in [0.1, 0.15) is 11.3 Å². The van der Waals surface area contributed by atoms with Gasteiger partial charge >= 0.3 is 0 Å². The van der Waals surface area contributed by atoms with E-state index < -0.39 is 0 Å². The first kappa shape index (κ1) is 20.8. The molecule has 3 aromatic rings. The van der Waals surface area contributed by atoms with Crippen LogP contribution >= 0.6 is 24.8 Å². The zero-order valence-electron chi connectivity index (χ0n) is 13.3. The zero-order chi connectivity index (χ0) is 16.1. The van der Waals surface area contributed by atoms with Gasteiger partial charge in [-0.2, -0.15) is 0 Å². The molecule has 0 spiro atoms. The molecule has 1 amide bonds. The molecular formula is C17H20Cl2N4O2. The Bertz CT molecular complexity index is 815. The van der Waals surface area contributed by atoms with Crippen LogP contribution in [0.5, 0.6) is 0 Å². The van der Waals surface area contributed by atoms with E-state index in [4.69, 9.17) is 10.2 Å². The van der Waals surface area contributed by atoms with Gasteiger partial charge in [0, 0.05) is 48.4 Å². The molecule has 0 saturated heterocycles. The van der Waals surface area contributed by atoms with Crippen molar-refractivity contribution in [1.82, 2.24) is 15.3 Å². The SMILES string of the molecule is Cl.Cl.NC[C@H](Cc1ccco1)NC(=O)/C=C/c1c[nH]c2ncccc12. The summed E-state index contributed by atoms with van der Waals surface area (Å²) in [5, 5.41) is 3.85. The fraction of sp³-hybridized carbons (Fsp3) is 0.176. The molecule has 0 aliphatic carbocycles. The first-order valence-corrected chi connectivity index (χ1v) is 7.39. The number of halogens is 2. The van der Waals surface area contributed by atoms with E-state index in [0.717, 1.165) is 22.4 Å². The second-order valence-corrected chi connectivity index (χ2v) is 5.20. The molecular weight excluding hydrogens is 363 g/mol. The molecule has 0 saturated carbocycles. The lowest BCUT2D eigenvalue weighted by atomic mass is 10.1. The number of pyridine rings is 1. The van der Waals surface area contributed by atoms with Crippen LogP contribution in [0, 0.1) is 0 Å². The second-order valence-electron chi connectivity index (χ2n) is 5.20. The van der Waals surface area contributed by atoms with Crippen LogP contribution in [0.3, 0.4) is 0 Å². The molecule has 0 aromatic carbocycles. The highest BCUT2D eigenvalue weighted by Crippen LogP contribution is 2.16.